The van der Waals surface area contributed by atoms with Crippen LogP contribution in [-0.4, -0.2) is 57.9 Å². The summed E-state index contributed by atoms with van der Waals surface area (Å²) in [7, 11) is 0. The third kappa shape index (κ3) is 3.24. The molecule has 2 heterocycles. The minimum Gasteiger partial charge on any atom is -0.367 e. The van der Waals surface area contributed by atoms with Gasteiger partial charge in [0, 0.05) is 19.6 Å². The van der Waals surface area contributed by atoms with Gasteiger partial charge in [0.05, 0.1) is 6.61 Å². The first-order chi connectivity index (χ1) is 8.85. The maximum absolute atomic E-state index is 5.77. The Hall–Kier alpha value is -1.05. The van der Waals surface area contributed by atoms with Crippen molar-refractivity contribution in [2.45, 2.75) is 32.4 Å². The van der Waals surface area contributed by atoms with Gasteiger partial charge in [0.2, 0.25) is 0 Å². The second-order valence-electron chi connectivity index (χ2n) is 4.51. The molecule has 1 atom stereocenters. The van der Waals surface area contributed by atoms with Crippen LogP contribution in [0.15, 0.2) is 0 Å². The minimum absolute atomic E-state index is 0.00780. The van der Waals surface area contributed by atoms with Crippen LogP contribution in [0.4, 0.5) is 0 Å². The Morgan fingerprint density at radius 3 is 3.11 bits per heavy atom. The number of hydrogen-bond donors (Lipinski definition) is 1. The van der Waals surface area contributed by atoms with E-state index in [1.807, 2.05) is 4.68 Å². The van der Waals surface area contributed by atoms with E-state index in [1.54, 1.807) is 0 Å². The van der Waals surface area contributed by atoms with E-state index in [1.165, 1.54) is 0 Å². The van der Waals surface area contributed by atoms with Gasteiger partial charge < -0.3 is 10.5 Å². The molecule has 0 amide bonds. The van der Waals surface area contributed by atoms with Crippen LogP contribution in [0.2, 0.25) is 0 Å². The zero-order valence-electron chi connectivity index (χ0n) is 11.0. The van der Waals surface area contributed by atoms with E-state index in [0.717, 1.165) is 51.5 Å². The molecule has 0 aliphatic carbocycles. The number of likely N-dealkylation sites (N-methyl/N-ethyl adjacent to an activating group) is 1. The lowest BCUT2D eigenvalue weighted by molar-refractivity contribution is -0.0347. The Labute approximate surface area is 107 Å². The molecule has 1 aliphatic heterocycles. The van der Waals surface area contributed by atoms with Crippen LogP contribution in [0.1, 0.15) is 31.7 Å². The van der Waals surface area contributed by atoms with E-state index in [4.69, 9.17) is 10.5 Å². The number of nitrogens with two attached hydrogens (primary N) is 1. The summed E-state index contributed by atoms with van der Waals surface area (Å²) < 4.78 is 7.62. The zero-order valence-corrected chi connectivity index (χ0v) is 11.0. The van der Waals surface area contributed by atoms with E-state index in [9.17, 15) is 0 Å². The number of tetrazole rings is 1. The molecule has 2 rings (SSSR count). The van der Waals surface area contributed by atoms with Crippen LogP contribution >= 0.6 is 0 Å². The molecule has 1 fully saturated rings. The largest absolute Gasteiger partial charge is 0.367 e. The van der Waals surface area contributed by atoms with Gasteiger partial charge >= 0.3 is 0 Å². The summed E-state index contributed by atoms with van der Waals surface area (Å²) in [6.07, 6.45) is 1.98. The fourth-order valence-electron chi connectivity index (χ4n) is 2.15. The highest BCUT2D eigenvalue weighted by molar-refractivity contribution is 4.91. The Kier molecular flexibility index (Phi) is 5.03. The molecule has 0 aromatic carbocycles. The summed E-state index contributed by atoms with van der Waals surface area (Å²) in [4.78, 5) is 2.35. The molecule has 0 bridgehead atoms. The molecule has 18 heavy (non-hydrogen) atoms. The molecule has 1 aliphatic rings. The topological polar surface area (TPSA) is 82.1 Å². The number of ether oxygens (including phenoxy) is 1. The normalized spacial score (nSPS) is 21.3. The molecular formula is C11H22N6O. The zero-order chi connectivity index (χ0) is 12.8. The molecule has 0 radical (unpaired) electrons. The Morgan fingerprint density at radius 1 is 1.44 bits per heavy atom. The monoisotopic (exact) mass is 254 g/mol. The van der Waals surface area contributed by atoms with E-state index < -0.39 is 0 Å². The number of morpholine rings is 1. The minimum atomic E-state index is -0.00780. The predicted molar refractivity (Wildman–Crippen MR) is 66.9 cm³/mol. The SMILES string of the molecule is CCN1CCOC(c2nnnn2CCCCN)C1. The fourth-order valence-corrected chi connectivity index (χ4v) is 2.15. The second-order valence-corrected chi connectivity index (χ2v) is 4.51. The van der Waals surface area contributed by atoms with Crippen molar-refractivity contribution < 1.29 is 4.74 Å². The lowest BCUT2D eigenvalue weighted by atomic mass is 10.2. The van der Waals surface area contributed by atoms with Gasteiger partial charge in [-0.05, 0) is 36.4 Å². The second kappa shape index (κ2) is 6.77. The molecule has 0 spiro atoms. The number of unbranched alkanes of at least 4 members (excludes halogenated alkanes) is 1. The molecule has 1 unspecified atom stereocenters. The Morgan fingerprint density at radius 2 is 2.33 bits per heavy atom. The third-order valence-electron chi connectivity index (χ3n) is 3.27. The summed E-state index contributed by atoms with van der Waals surface area (Å²) in [5.41, 5.74) is 5.49. The van der Waals surface area contributed by atoms with E-state index >= 15 is 0 Å². The van der Waals surface area contributed by atoms with Gasteiger partial charge in [0.15, 0.2) is 5.82 Å². The van der Waals surface area contributed by atoms with Crippen molar-refractivity contribution in [3.8, 4) is 0 Å². The molecule has 2 N–H and O–H groups in total. The average molecular weight is 254 g/mol. The van der Waals surface area contributed by atoms with Gasteiger partial charge in [0.25, 0.3) is 0 Å². The number of aryl methyl sites for hydroxylation is 1. The third-order valence-corrected chi connectivity index (χ3v) is 3.27. The molecule has 1 aromatic rings. The highest BCUT2D eigenvalue weighted by atomic mass is 16.5. The van der Waals surface area contributed by atoms with Gasteiger partial charge in [-0.1, -0.05) is 6.92 Å². The lowest BCUT2D eigenvalue weighted by Crippen LogP contribution is -2.39. The van der Waals surface area contributed by atoms with Crippen molar-refractivity contribution in [3.05, 3.63) is 5.82 Å². The summed E-state index contributed by atoms with van der Waals surface area (Å²) in [5.74, 6) is 0.838. The smallest absolute Gasteiger partial charge is 0.181 e. The van der Waals surface area contributed by atoms with Gasteiger partial charge in [0.1, 0.15) is 6.10 Å². The molecule has 7 nitrogen and oxygen atoms in total. The summed E-state index contributed by atoms with van der Waals surface area (Å²) in [6, 6.07) is 0. The van der Waals surface area contributed by atoms with E-state index in [2.05, 4.69) is 27.3 Å². The molecule has 7 heteroatoms. The maximum atomic E-state index is 5.77. The molecular weight excluding hydrogens is 232 g/mol. The van der Waals surface area contributed by atoms with Crippen LogP contribution in [0.5, 0.6) is 0 Å². The molecule has 1 saturated heterocycles. The predicted octanol–water partition coefficient (Wildman–Crippen LogP) is -0.195. The summed E-state index contributed by atoms with van der Waals surface area (Å²) in [6.45, 7) is 7.32. The summed E-state index contributed by atoms with van der Waals surface area (Å²) in [5, 5.41) is 11.9. The van der Waals surface area contributed by atoms with Crippen molar-refractivity contribution >= 4 is 0 Å². The number of aromatic nitrogens is 4. The first kappa shape index (κ1) is 13.4. The van der Waals surface area contributed by atoms with Gasteiger partial charge in [-0.3, -0.25) is 4.90 Å². The first-order valence-corrected chi connectivity index (χ1v) is 6.65. The fraction of sp³-hybridized carbons (Fsp3) is 0.909. The number of hydrogen-bond acceptors (Lipinski definition) is 6. The molecule has 1 aromatic heterocycles. The van der Waals surface area contributed by atoms with Gasteiger partial charge in [-0.25, -0.2) is 4.68 Å². The van der Waals surface area contributed by atoms with Crippen molar-refractivity contribution in [2.24, 2.45) is 5.73 Å². The van der Waals surface area contributed by atoms with Crippen LogP contribution in [-0.2, 0) is 11.3 Å². The highest BCUT2D eigenvalue weighted by Gasteiger charge is 2.25. The first-order valence-electron chi connectivity index (χ1n) is 6.65. The van der Waals surface area contributed by atoms with E-state index in [-0.39, 0.29) is 6.10 Å². The van der Waals surface area contributed by atoms with Crippen LogP contribution in [0.25, 0.3) is 0 Å². The van der Waals surface area contributed by atoms with Crippen molar-refractivity contribution in [3.63, 3.8) is 0 Å². The number of nitrogens with zero attached hydrogens (tertiary/aromatic N) is 5. The number of rotatable bonds is 6. The standard InChI is InChI=1S/C11H22N6O/c1-2-16-7-8-18-10(9-16)11-13-14-15-17(11)6-4-3-5-12/h10H,2-9,12H2,1H3. The quantitative estimate of drug-likeness (QED) is 0.708. The van der Waals surface area contributed by atoms with Crippen molar-refractivity contribution in [1.29, 1.82) is 0 Å². The van der Waals surface area contributed by atoms with Crippen LogP contribution in [0, 0.1) is 0 Å². The van der Waals surface area contributed by atoms with Gasteiger partial charge in [-0.2, -0.15) is 0 Å². The average Bonchev–Trinajstić information content (AvgIpc) is 2.87. The van der Waals surface area contributed by atoms with Crippen LogP contribution in [0.3, 0.4) is 0 Å². The molecule has 0 saturated carbocycles. The lowest BCUT2D eigenvalue weighted by Gasteiger charge is -2.31. The van der Waals surface area contributed by atoms with E-state index in [0.29, 0.717) is 6.54 Å². The Balaban J connectivity index is 1.97. The van der Waals surface area contributed by atoms with Crippen molar-refractivity contribution in [2.75, 3.05) is 32.8 Å². The summed E-state index contributed by atoms with van der Waals surface area (Å²) >= 11 is 0. The van der Waals surface area contributed by atoms with Gasteiger partial charge in [-0.15, -0.1) is 5.10 Å². The van der Waals surface area contributed by atoms with Crippen molar-refractivity contribution in [1.82, 2.24) is 25.1 Å². The molecule has 102 valence electrons. The maximum Gasteiger partial charge on any atom is 0.181 e. The van der Waals surface area contributed by atoms with Crippen LogP contribution < -0.4 is 5.73 Å². The Bertz CT molecular complexity index is 355. The highest BCUT2D eigenvalue weighted by Crippen LogP contribution is 2.19.